The second-order valence-corrected chi connectivity index (χ2v) is 10.5. The van der Waals surface area contributed by atoms with E-state index in [0.29, 0.717) is 18.1 Å². The van der Waals surface area contributed by atoms with Crippen LogP contribution < -0.4 is 0 Å². The monoisotopic (exact) mass is 505 g/mol. The first-order chi connectivity index (χ1) is 17.6. The number of aromatic nitrogens is 1. The molecule has 0 radical (unpaired) electrons. The number of nitrogens with zero attached hydrogens (tertiary/aromatic N) is 3. The molecular formula is C31H40ClN3O. The van der Waals surface area contributed by atoms with Gasteiger partial charge in [0, 0.05) is 49.6 Å². The van der Waals surface area contributed by atoms with Gasteiger partial charge in [0.05, 0.1) is 5.52 Å². The number of likely N-dealkylation sites (tertiary alicyclic amines) is 1. The van der Waals surface area contributed by atoms with Crippen LogP contribution in [0.5, 0.6) is 0 Å². The van der Waals surface area contributed by atoms with Crippen LogP contribution in [-0.2, 0) is 17.9 Å². The number of pyridine rings is 1. The summed E-state index contributed by atoms with van der Waals surface area (Å²) in [7, 11) is 0. The Morgan fingerprint density at radius 2 is 1.67 bits per heavy atom. The molecule has 1 aliphatic heterocycles. The van der Waals surface area contributed by atoms with E-state index in [2.05, 4.69) is 64.2 Å². The molecule has 2 heterocycles. The molecule has 4 rings (SSSR count). The van der Waals surface area contributed by atoms with Gasteiger partial charge in [-0.15, -0.1) is 0 Å². The summed E-state index contributed by atoms with van der Waals surface area (Å²) in [5.41, 5.74) is 3.18. The zero-order chi connectivity index (χ0) is 25.2. The van der Waals surface area contributed by atoms with Crippen LogP contribution in [0.4, 0.5) is 0 Å². The molecule has 1 amide bonds. The molecule has 3 aromatic rings. The van der Waals surface area contributed by atoms with Crippen molar-refractivity contribution in [2.24, 2.45) is 0 Å². The second kappa shape index (κ2) is 13.8. The van der Waals surface area contributed by atoms with Gasteiger partial charge in [0.1, 0.15) is 5.15 Å². The third kappa shape index (κ3) is 7.54. The van der Waals surface area contributed by atoms with Crippen LogP contribution in [0.15, 0.2) is 60.7 Å². The molecule has 0 aliphatic carbocycles. The van der Waals surface area contributed by atoms with Crippen molar-refractivity contribution in [1.82, 2.24) is 14.8 Å². The Hall–Kier alpha value is -2.43. The Bertz CT molecular complexity index is 1100. The van der Waals surface area contributed by atoms with E-state index < -0.39 is 0 Å². The van der Waals surface area contributed by atoms with Gasteiger partial charge in [0.2, 0.25) is 5.91 Å². The summed E-state index contributed by atoms with van der Waals surface area (Å²) in [5, 5.41) is 1.57. The minimum atomic E-state index is 0.243. The molecule has 0 spiro atoms. The molecule has 0 bridgehead atoms. The molecule has 192 valence electrons. The fourth-order valence-electron chi connectivity index (χ4n) is 5.28. The highest BCUT2D eigenvalue weighted by molar-refractivity contribution is 6.30. The first kappa shape index (κ1) is 26.6. The van der Waals surface area contributed by atoms with Gasteiger partial charge in [-0.1, -0.05) is 99.2 Å². The van der Waals surface area contributed by atoms with Gasteiger partial charge in [-0.2, -0.15) is 0 Å². The van der Waals surface area contributed by atoms with E-state index in [9.17, 15) is 4.79 Å². The van der Waals surface area contributed by atoms with Crippen LogP contribution in [0.1, 0.15) is 75.8 Å². The molecule has 1 aliphatic rings. The number of halogens is 1. The predicted octanol–water partition coefficient (Wildman–Crippen LogP) is 7.63. The maximum atomic E-state index is 13.5. The average Bonchev–Trinajstić information content (AvgIpc) is 2.90. The first-order valence-electron chi connectivity index (χ1n) is 13.7. The van der Waals surface area contributed by atoms with Gasteiger partial charge in [0.25, 0.3) is 0 Å². The highest BCUT2D eigenvalue weighted by Gasteiger charge is 2.28. The van der Waals surface area contributed by atoms with Gasteiger partial charge in [-0.05, 0) is 37.0 Å². The van der Waals surface area contributed by atoms with E-state index in [1.807, 2.05) is 18.2 Å². The predicted molar refractivity (Wildman–Crippen MR) is 150 cm³/mol. The topological polar surface area (TPSA) is 36.4 Å². The summed E-state index contributed by atoms with van der Waals surface area (Å²) in [5.74, 6) is 0.260. The normalized spacial score (nSPS) is 14.8. The van der Waals surface area contributed by atoms with E-state index in [1.165, 1.54) is 31.2 Å². The number of hydrogen-bond donors (Lipinski definition) is 0. The van der Waals surface area contributed by atoms with Crippen LogP contribution in [0, 0.1) is 0 Å². The number of piperidine rings is 1. The Morgan fingerprint density at radius 3 is 2.44 bits per heavy atom. The van der Waals surface area contributed by atoms with E-state index in [0.717, 1.165) is 61.8 Å². The molecule has 5 heteroatoms. The molecular weight excluding hydrogens is 466 g/mol. The van der Waals surface area contributed by atoms with E-state index in [4.69, 9.17) is 11.6 Å². The Balaban J connectivity index is 1.42. The molecule has 4 nitrogen and oxygen atoms in total. The van der Waals surface area contributed by atoms with Crippen LogP contribution in [0.25, 0.3) is 10.9 Å². The molecule has 36 heavy (non-hydrogen) atoms. The maximum absolute atomic E-state index is 13.5. The molecule has 1 aromatic heterocycles. The standard InChI is InChI=1S/C31H40ClN3O/c1-2-3-4-5-6-10-17-30(36)35(24-27-22-26-15-11-12-16-29(26)33-31(27)32)28-18-20-34(21-19-28)23-25-13-8-7-9-14-25/h7-9,11-16,22,28H,2-6,10,17-21,23-24H2,1H3. The smallest absolute Gasteiger partial charge is 0.223 e. The maximum Gasteiger partial charge on any atom is 0.223 e. The summed E-state index contributed by atoms with van der Waals surface area (Å²) in [4.78, 5) is 22.8. The van der Waals surface area contributed by atoms with Crippen molar-refractivity contribution in [2.75, 3.05) is 13.1 Å². The van der Waals surface area contributed by atoms with Crippen molar-refractivity contribution in [3.63, 3.8) is 0 Å². The van der Waals surface area contributed by atoms with Crippen molar-refractivity contribution in [1.29, 1.82) is 0 Å². The van der Waals surface area contributed by atoms with Crippen molar-refractivity contribution < 1.29 is 4.79 Å². The molecule has 0 atom stereocenters. The van der Waals surface area contributed by atoms with Crippen LogP contribution in [0.2, 0.25) is 5.15 Å². The summed E-state index contributed by atoms with van der Waals surface area (Å²) in [6.45, 7) is 5.75. The lowest BCUT2D eigenvalue weighted by Gasteiger charge is -2.39. The third-order valence-corrected chi connectivity index (χ3v) is 7.73. The number of carbonyl (C=O) groups excluding carboxylic acids is 1. The molecule has 1 fully saturated rings. The summed E-state index contributed by atoms with van der Waals surface area (Å²) < 4.78 is 0. The van der Waals surface area contributed by atoms with Crippen LogP contribution >= 0.6 is 11.6 Å². The minimum absolute atomic E-state index is 0.243. The number of benzene rings is 2. The van der Waals surface area contributed by atoms with Crippen LogP contribution in [-0.4, -0.2) is 39.8 Å². The number of fused-ring (bicyclic) bond motifs is 1. The molecule has 1 saturated heterocycles. The van der Waals surface area contributed by atoms with Crippen molar-refractivity contribution in [2.45, 2.75) is 83.8 Å². The third-order valence-electron chi connectivity index (χ3n) is 7.40. The van der Waals surface area contributed by atoms with Crippen LogP contribution in [0.3, 0.4) is 0 Å². The lowest BCUT2D eigenvalue weighted by Crippen LogP contribution is -2.46. The SMILES string of the molecule is CCCCCCCCC(=O)N(Cc1cc2ccccc2nc1Cl)C1CCN(Cc2ccccc2)CC1. The highest BCUT2D eigenvalue weighted by atomic mass is 35.5. The Kier molecular flexibility index (Phi) is 10.2. The van der Waals surface area contributed by atoms with Gasteiger partial charge < -0.3 is 4.90 Å². The fraction of sp³-hybridized carbons (Fsp3) is 0.484. The summed E-state index contributed by atoms with van der Waals surface area (Å²) in [6.07, 6.45) is 9.73. The average molecular weight is 506 g/mol. The Morgan fingerprint density at radius 1 is 0.972 bits per heavy atom. The fourth-order valence-corrected chi connectivity index (χ4v) is 5.49. The molecule has 0 saturated carbocycles. The number of para-hydroxylation sites is 1. The number of unbranched alkanes of at least 4 members (excludes halogenated alkanes) is 5. The number of rotatable bonds is 12. The second-order valence-electron chi connectivity index (χ2n) is 10.2. The first-order valence-corrected chi connectivity index (χ1v) is 14.1. The molecule has 2 aromatic carbocycles. The minimum Gasteiger partial charge on any atom is -0.335 e. The number of amides is 1. The quantitative estimate of drug-likeness (QED) is 0.187. The van der Waals surface area contributed by atoms with E-state index in [1.54, 1.807) is 0 Å². The van der Waals surface area contributed by atoms with Crippen molar-refractivity contribution in [3.8, 4) is 0 Å². The van der Waals surface area contributed by atoms with Gasteiger partial charge in [-0.25, -0.2) is 4.98 Å². The lowest BCUT2D eigenvalue weighted by molar-refractivity contribution is -0.135. The summed E-state index contributed by atoms with van der Waals surface area (Å²) in [6, 6.07) is 21.0. The van der Waals surface area contributed by atoms with E-state index in [-0.39, 0.29) is 11.9 Å². The highest BCUT2D eigenvalue weighted by Crippen LogP contribution is 2.26. The molecule has 0 N–H and O–H groups in total. The largest absolute Gasteiger partial charge is 0.335 e. The van der Waals surface area contributed by atoms with Crippen molar-refractivity contribution >= 4 is 28.4 Å². The zero-order valence-electron chi connectivity index (χ0n) is 21.7. The van der Waals surface area contributed by atoms with Gasteiger partial charge >= 0.3 is 0 Å². The lowest BCUT2D eigenvalue weighted by atomic mass is 10.00. The molecule has 0 unspecified atom stereocenters. The number of carbonyl (C=O) groups is 1. The van der Waals surface area contributed by atoms with Crippen molar-refractivity contribution in [3.05, 3.63) is 76.9 Å². The zero-order valence-corrected chi connectivity index (χ0v) is 22.4. The van der Waals surface area contributed by atoms with E-state index >= 15 is 0 Å². The Labute approximate surface area is 221 Å². The summed E-state index contributed by atoms with van der Waals surface area (Å²) >= 11 is 6.62. The van der Waals surface area contributed by atoms with Gasteiger partial charge in [-0.3, -0.25) is 9.69 Å². The van der Waals surface area contributed by atoms with Gasteiger partial charge in [0.15, 0.2) is 0 Å². The number of hydrogen-bond acceptors (Lipinski definition) is 3.